The van der Waals surface area contributed by atoms with Gasteiger partial charge in [0.1, 0.15) is 5.82 Å². The molecule has 0 atom stereocenters. The molecule has 5 nitrogen and oxygen atoms in total. The SMILES string of the molecule is CNc1ncc(C(=O)N(C)CCCOC)c2ccccc12. The fraction of sp³-hybridized carbons (Fsp3) is 0.375. The number of carbonyl (C=O) groups excluding carboxylic acids is 1. The van der Waals surface area contributed by atoms with E-state index in [4.69, 9.17) is 4.74 Å². The third kappa shape index (κ3) is 3.31. The summed E-state index contributed by atoms with van der Waals surface area (Å²) >= 11 is 0. The van der Waals surface area contributed by atoms with E-state index in [0.29, 0.717) is 18.7 Å². The first-order valence-electron chi connectivity index (χ1n) is 6.99. The number of aromatic nitrogens is 1. The maximum Gasteiger partial charge on any atom is 0.255 e. The summed E-state index contributed by atoms with van der Waals surface area (Å²) in [5, 5.41) is 4.93. The second-order valence-corrected chi connectivity index (χ2v) is 4.89. The Kier molecular flexibility index (Phi) is 5.11. The van der Waals surface area contributed by atoms with Gasteiger partial charge in [-0.15, -0.1) is 0 Å². The molecule has 0 aliphatic carbocycles. The number of methoxy groups -OCH3 is 1. The standard InChI is InChI=1S/C16H21N3O2/c1-17-15-13-8-5-4-7-12(13)14(11-18-15)16(20)19(2)9-6-10-21-3/h4-5,7-8,11H,6,9-10H2,1-3H3,(H,17,18). The first-order valence-corrected chi connectivity index (χ1v) is 6.99. The number of carbonyl (C=O) groups is 1. The van der Waals surface area contributed by atoms with Gasteiger partial charge in [-0.2, -0.15) is 0 Å². The van der Waals surface area contributed by atoms with Crippen molar-refractivity contribution in [1.82, 2.24) is 9.88 Å². The van der Waals surface area contributed by atoms with Crippen LogP contribution in [0.2, 0.25) is 0 Å². The van der Waals surface area contributed by atoms with Crippen molar-refractivity contribution in [2.75, 3.05) is 39.7 Å². The van der Waals surface area contributed by atoms with Crippen molar-refractivity contribution in [2.45, 2.75) is 6.42 Å². The molecule has 0 aliphatic heterocycles. The summed E-state index contributed by atoms with van der Waals surface area (Å²) in [5.74, 6) is 0.765. The third-order valence-electron chi connectivity index (χ3n) is 3.45. The summed E-state index contributed by atoms with van der Waals surface area (Å²) in [4.78, 5) is 18.6. The lowest BCUT2D eigenvalue weighted by atomic mass is 10.1. The smallest absolute Gasteiger partial charge is 0.255 e. The number of hydrogen-bond acceptors (Lipinski definition) is 4. The van der Waals surface area contributed by atoms with Gasteiger partial charge in [0.15, 0.2) is 0 Å². The predicted molar refractivity (Wildman–Crippen MR) is 84.7 cm³/mol. The summed E-state index contributed by atoms with van der Waals surface area (Å²) in [6.07, 6.45) is 2.46. The van der Waals surface area contributed by atoms with Crippen LogP contribution in [-0.2, 0) is 4.74 Å². The number of nitrogens with zero attached hydrogens (tertiary/aromatic N) is 2. The monoisotopic (exact) mass is 287 g/mol. The van der Waals surface area contributed by atoms with E-state index in [1.165, 1.54) is 0 Å². The summed E-state index contributed by atoms with van der Waals surface area (Å²) < 4.78 is 5.02. The van der Waals surface area contributed by atoms with E-state index in [-0.39, 0.29) is 5.91 Å². The van der Waals surface area contributed by atoms with Crippen LogP contribution < -0.4 is 5.32 Å². The highest BCUT2D eigenvalue weighted by Crippen LogP contribution is 2.24. The van der Waals surface area contributed by atoms with Gasteiger partial charge in [0.25, 0.3) is 5.91 Å². The Morgan fingerprint density at radius 1 is 1.33 bits per heavy atom. The van der Waals surface area contributed by atoms with E-state index < -0.39 is 0 Å². The third-order valence-corrected chi connectivity index (χ3v) is 3.45. The second-order valence-electron chi connectivity index (χ2n) is 4.89. The lowest BCUT2D eigenvalue weighted by Crippen LogP contribution is -2.28. The van der Waals surface area contributed by atoms with Gasteiger partial charge in [-0.05, 0) is 11.8 Å². The van der Waals surface area contributed by atoms with Crippen molar-refractivity contribution in [2.24, 2.45) is 0 Å². The lowest BCUT2D eigenvalue weighted by Gasteiger charge is -2.18. The molecule has 1 N–H and O–H groups in total. The molecule has 21 heavy (non-hydrogen) atoms. The molecule has 112 valence electrons. The Bertz CT molecular complexity index is 628. The second kappa shape index (κ2) is 7.04. The van der Waals surface area contributed by atoms with Crippen molar-refractivity contribution >= 4 is 22.5 Å². The van der Waals surface area contributed by atoms with Crippen LogP contribution >= 0.6 is 0 Å². The summed E-state index contributed by atoms with van der Waals surface area (Å²) in [7, 11) is 5.29. The van der Waals surface area contributed by atoms with E-state index in [1.54, 1.807) is 25.3 Å². The molecular formula is C16H21N3O2. The van der Waals surface area contributed by atoms with Crippen LogP contribution in [0.15, 0.2) is 30.5 Å². The van der Waals surface area contributed by atoms with Gasteiger partial charge in [-0.3, -0.25) is 4.79 Å². The number of hydrogen-bond donors (Lipinski definition) is 1. The molecule has 1 heterocycles. The van der Waals surface area contributed by atoms with E-state index in [0.717, 1.165) is 23.0 Å². The van der Waals surface area contributed by atoms with Crippen LogP contribution in [0.3, 0.4) is 0 Å². The van der Waals surface area contributed by atoms with Gasteiger partial charge < -0.3 is 15.0 Å². The molecule has 1 aromatic carbocycles. The zero-order chi connectivity index (χ0) is 15.2. The quantitative estimate of drug-likeness (QED) is 0.829. The van der Waals surface area contributed by atoms with Gasteiger partial charge in [0.2, 0.25) is 0 Å². The van der Waals surface area contributed by atoms with Crippen LogP contribution in [0, 0.1) is 0 Å². The van der Waals surface area contributed by atoms with Gasteiger partial charge in [0.05, 0.1) is 5.56 Å². The predicted octanol–water partition coefficient (Wildman–Crippen LogP) is 2.39. The van der Waals surface area contributed by atoms with Crippen LogP contribution in [0.1, 0.15) is 16.8 Å². The molecule has 2 rings (SSSR count). The molecular weight excluding hydrogens is 266 g/mol. The Morgan fingerprint density at radius 3 is 2.71 bits per heavy atom. The van der Waals surface area contributed by atoms with Gasteiger partial charge >= 0.3 is 0 Å². The number of fused-ring (bicyclic) bond motifs is 1. The molecule has 1 aromatic heterocycles. The minimum Gasteiger partial charge on any atom is -0.385 e. The molecule has 0 saturated carbocycles. The zero-order valence-electron chi connectivity index (χ0n) is 12.7. The Balaban J connectivity index is 2.31. The van der Waals surface area contributed by atoms with Crippen molar-refractivity contribution < 1.29 is 9.53 Å². The average molecular weight is 287 g/mol. The van der Waals surface area contributed by atoms with E-state index in [2.05, 4.69) is 10.3 Å². The van der Waals surface area contributed by atoms with Crippen molar-refractivity contribution in [3.63, 3.8) is 0 Å². The average Bonchev–Trinajstić information content (AvgIpc) is 2.53. The normalized spacial score (nSPS) is 10.6. The molecule has 0 spiro atoms. The van der Waals surface area contributed by atoms with Crippen LogP contribution in [0.4, 0.5) is 5.82 Å². The minimum atomic E-state index is -0.0162. The highest BCUT2D eigenvalue weighted by Gasteiger charge is 2.16. The number of amides is 1. The maximum atomic E-state index is 12.6. The lowest BCUT2D eigenvalue weighted by molar-refractivity contribution is 0.0781. The number of benzene rings is 1. The van der Waals surface area contributed by atoms with Gasteiger partial charge in [0, 0.05) is 45.9 Å². The van der Waals surface area contributed by atoms with E-state index in [9.17, 15) is 4.79 Å². The molecule has 1 amide bonds. The molecule has 0 radical (unpaired) electrons. The fourth-order valence-electron chi connectivity index (χ4n) is 2.32. The molecule has 0 unspecified atom stereocenters. The van der Waals surface area contributed by atoms with Crippen molar-refractivity contribution in [1.29, 1.82) is 0 Å². The molecule has 5 heteroatoms. The molecule has 0 fully saturated rings. The molecule has 0 bridgehead atoms. The number of anilines is 1. The number of ether oxygens (including phenoxy) is 1. The number of pyridine rings is 1. The highest BCUT2D eigenvalue weighted by atomic mass is 16.5. The fourth-order valence-corrected chi connectivity index (χ4v) is 2.32. The summed E-state index contributed by atoms with van der Waals surface area (Å²) in [5.41, 5.74) is 0.629. The maximum absolute atomic E-state index is 12.6. The summed E-state index contributed by atoms with van der Waals surface area (Å²) in [6, 6.07) is 7.80. The van der Waals surface area contributed by atoms with E-state index in [1.807, 2.05) is 31.3 Å². The molecule has 2 aromatic rings. The highest BCUT2D eigenvalue weighted by molar-refractivity contribution is 6.09. The number of rotatable bonds is 6. The largest absolute Gasteiger partial charge is 0.385 e. The number of nitrogens with one attached hydrogen (secondary N) is 1. The van der Waals surface area contributed by atoms with Crippen LogP contribution in [-0.4, -0.2) is 50.1 Å². The summed E-state index contributed by atoms with van der Waals surface area (Å²) in [6.45, 7) is 1.31. The van der Waals surface area contributed by atoms with Crippen LogP contribution in [0.25, 0.3) is 10.8 Å². The van der Waals surface area contributed by atoms with Crippen LogP contribution in [0.5, 0.6) is 0 Å². The molecule has 0 saturated heterocycles. The van der Waals surface area contributed by atoms with Crippen molar-refractivity contribution in [3.05, 3.63) is 36.0 Å². The van der Waals surface area contributed by atoms with Gasteiger partial charge in [-0.1, -0.05) is 24.3 Å². The Labute approximate surface area is 124 Å². The molecule has 0 aliphatic rings. The zero-order valence-corrected chi connectivity index (χ0v) is 12.7. The van der Waals surface area contributed by atoms with Gasteiger partial charge in [-0.25, -0.2) is 4.98 Å². The minimum absolute atomic E-state index is 0.0162. The first-order chi connectivity index (χ1) is 10.2. The van der Waals surface area contributed by atoms with E-state index >= 15 is 0 Å². The Morgan fingerprint density at radius 2 is 2.05 bits per heavy atom. The topological polar surface area (TPSA) is 54.5 Å². The van der Waals surface area contributed by atoms with Crippen molar-refractivity contribution in [3.8, 4) is 0 Å². The first kappa shape index (κ1) is 15.3. The Hall–Kier alpha value is -2.14.